The van der Waals surface area contributed by atoms with Crippen LogP contribution >= 0.6 is 0 Å². The number of carbonyl (C=O) groups is 1. The lowest BCUT2D eigenvalue weighted by atomic mass is 10.2. The van der Waals surface area contributed by atoms with Gasteiger partial charge in [-0.2, -0.15) is 13.2 Å². The number of pyridine rings is 1. The molecule has 0 bridgehead atoms. The maximum absolute atomic E-state index is 12.3. The van der Waals surface area contributed by atoms with Gasteiger partial charge in [-0.15, -0.1) is 0 Å². The Morgan fingerprint density at radius 3 is 2.11 bits per heavy atom. The summed E-state index contributed by atoms with van der Waals surface area (Å²) in [6.07, 6.45) is -2.79. The first-order chi connectivity index (χ1) is 8.99. The van der Waals surface area contributed by atoms with E-state index in [0.717, 1.165) is 12.3 Å². The summed E-state index contributed by atoms with van der Waals surface area (Å²) >= 11 is 0. The molecule has 0 atom stereocenters. The van der Waals surface area contributed by atoms with Gasteiger partial charge >= 0.3 is 6.18 Å². The van der Waals surface area contributed by atoms with Crippen LogP contribution in [0.2, 0.25) is 0 Å². The Hall–Kier alpha value is -2.37. The van der Waals surface area contributed by atoms with E-state index < -0.39 is 11.9 Å². The van der Waals surface area contributed by atoms with E-state index in [-0.39, 0.29) is 5.75 Å². The molecule has 1 aromatic heterocycles. The molecule has 0 radical (unpaired) electrons. The Bertz CT molecular complexity index is 562. The molecular formula is C13H8F3NO2. The summed E-state index contributed by atoms with van der Waals surface area (Å²) in [7, 11) is 0. The van der Waals surface area contributed by atoms with Crippen molar-refractivity contribution in [2.75, 3.05) is 0 Å². The van der Waals surface area contributed by atoms with Crippen molar-refractivity contribution >= 4 is 6.29 Å². The van der Waals surface area contributed by atoms with Crippen molar-refractivity contribution in [1.29, 1.82) is 0 Å². The predicted molar refractivity (Wildman–Crippen MR) is 61.1 cm³/mol. The summed E-state index contributed by atoms with van der Waals surface area (Å²) in [5.74, 6) is 0.596. The minimum atomic E-state index is -4.47. The molecule has 1 aromatic carbocycles. The maximum atomic E-state index is 12.3. The molecular weight excluding hydrogens is 259 g/mol. The molecule has 6 heteroatoms. The zero-order valence-electron chi connectivity index (χ0n) is 9.52. The van der Waals surface area contributed by atoms with Gasteiger partial charge in [-0.05, 0) is 36.4 Å². The van der Waals surface area contributed by atoms with Gasteiger partial charge in [-0.1, -0.05) is 0 Å². The van der Waals surface area contributed by atoms with Crippen molar-refractivity contribution < 1.29 is 22.7 Å². The minimum absolute atomic E-state index is 0.187. The number of hydrogen-bond acceptors (Lipinski definition) is 3. The molecule has 3 nitrogen and oxygen atoms in total. The van der Waals surface area contributed by atoms with Crippen LogP contribution in [0.25, 0.3) is 0 Å². The highest BCUT2D eigenvalue weighted by molar-refractivity contribution is 5.74. The van der Waals surface area contributed by atoms with E-state index in [0.29, 0.717) is 17.6 Å². The van der Waals surface area contributed by atoms with Gasteiger partial charge in [-0.3, -0.25) is 4.79 Å². The van der Waals surface area contributed by atoms with Crippen LogP contribution < -0.4 is 4.74 Å². The third-order valence-corrected chi connectivity index (χ3v) is 2.28. The summed E-state index contributed by atoms with van der Waals surface area (Å²) in [5.41, 5.74) is -0.492. The Balaban J connectivity index is 2.12. The molecule has 0 saturated carbocycles. The van der Waals surface area contributed by atoms with Gasteiger partial charge in [0.2, 0.25) is 0 Å². The molecule has 0 unspecified atom stereocenters. The van der Waals surface area contributed by atoms with Crippen LogP contribution in [0.3, 0.4) is 0 Å². The lowest BCUT2D eigenvalue weighted by Crippen LogP contribution is -2.07. The first-order valence-corrected chi connectivity index (χ1v) is 5.25. The summed E-state index contributed by atoms with van der Waals surface area (Å²) in [6, 6.07) is 8.20. The predicted octanol–water partition coefficient (Wildman–Crippen LogP) is 3.71. The molecule has 98 valence electrons. The van der Waals surface area contributed by atoms with E-state index >= 15 is 0 Å². The van der Waals surface area contributed by atoms with Crippen LogP contribution in [0.1, 0.15) is 16.1 Å². The molecule has 2 rings (SSSR count). The fraction of sp³-hybridized carbons (Fsp3) is 0.0769. The number of alkyl halides is 3. The number of rotatable bonds is 3. The van der Waals surface area contributed by atoms with Gasteiger partial charge in [0, 0.05) is 5.56 Å². The second kappa shape index (κ2) is 5.09. The van der Waals surface area contributed by atoms with E-state index in [4.69, 9.17) is 4.74 Å². The third kappa shape index (κ3) is 3.31. The van der Waals surface area contributed by atoms with Crippen molar-refractivity contribution in [1.82, 2.24) is 4.98 Å². The second-order valence-electron chi connectivity index (χ2n) is 3.67. The zero-order valence-corrected chi connectivity index (χ0v) is 9.52. The zero-order chi connectivity index (χ0) is 13.9. The van der Waals surface area contributed by atoms with Gasteiger partial charge in [-0.25, -0.2) is 4.98 Å². The highest BCUT2D eigenvalue weighted by atomic mass is 19.4. The van der Waals surface area contributed by atoms with E-state index in [2.05, 4.69) is 4.98 Å². The highest BCUT2D eigenvalue weighted by Crippen LogP contribution is 2.29. The number of ether oxygens (including phenoxy) is 1. The fourth-order valence-electron chi connectivity index (χ4n) is 1.36. The Morgan fingerprint density at radius 1 is 1.00 bits per heavy atom. The molecule has 0 N–H and O–H groups in total. The van der Waals surface area contributed by atoms with E-state index in [1.807, 2.05) is 0 Å². The van der Waals surface area contributed by atoms with E-state index in [1.54, 1.807) is 24.3 Å². The average molecular weight is 267 g/mol. The smallest absolute Gasteiger partial charge is 0.433 e. The first-order valence-electron chi connectivity index (χ1n) is 5.25. The number of nitrogens with zero attached hydrogens (tertiary/aromatic N) is 1. The van der Waals surface area contributed by atoms with Gasteiger partial charge in [0.25, 0.3) is 0 Å². The average Bonchev–Trinajstić information content (AvgIpc) is 2.39. The molecule has 0 amide bonds. The summed E-state index contributed by atoms with van der Waals surface area (Å²) in [4.78, 5) is 13.7. The Morgan fingerprint density at radius 2 is 1.63 bits per heavy atom. The van der Waals surface area contributed by atoms with Crippen LogP contribution in [-0.2, 0) is 6.18 Å². The number of aromatic nitrogens is 1. The molecule has 2 aromatic rings. The number of halogens is 3. The molecule has 0 fully saturated rings. The standard InChI is InChI=1S/C13H8F3NO2/c14-13(15,16)12-6-5-11(7-17-12)19-10-3-1-9(8-18)2-4-10/h1-8H. The summed E-state index contributed by atoms with van der Waals surface area (Å²) in [6.45, 7) is 0. The van der Waals surface area contributed by atoms with Crippen molar-refractivity contribution in [2.24, 2.45) is 0 Å². The van der Waals surface area contributed by atoms with Crippen molar-refractivity contribution in [3.8, 4) is 11.5 Å². The van der Waals surface area contributed by atoms with Crippen molar-refractivity contribution in [3.63, 3.8) is 0 Å². The molecule has 0 aliphatic heterocycles. The lowest BCUT2D eigenvalue weighted by molar-refractivity contribution is -0.141. The third-order valence-electron chi connectivity index (χ3n) is 2.28. The number of benzene rings is 1. The normalized spacial score (nSPS) is 11.1. The molecule has 0 aliphatic carbocycles. The molecule has 0 aliphatic rings. The SMILES string of the molecule is O=Cc1ccc(Oc2ccc(C(F)(F)F)nc2)cc1. The first kappa shape index (κ1) is 13.1. The topological polar surface area (TPSA) is 39.2 Å². The van der Waals surface area contributed by atoms with E-state index in [9.17, 15) is 18.0 Å². The summed E-state index contributed by atoms with van der Waals surface area (Å²) < 4.78 is 42.2. The largest absolute Gasteiger partial charge is 0.456 e. The molecule has 1 heterocycles. The number of aldehydes is 1. The molecule has 0 saturated heterocycles. The van der Waals surface area contributed by atoms with Gasteiger partial charge in [0.05, 0.1) is 6.20 Å². The molecule has 0 spiro atoms. The van der Waals surface area contributed by atoms with Crippen molar-refractivity contribution in [2.45, 2.75) is 6.18 Å². The highest BCUT2D eigenvalue weighted by Gasteiger charge is 2.32. The fourth-order valence-corrected chi connectivity index (χ4v) is 1.36. The van der Waals surface area contributed by atoms with Gasteiger partial charge < -0.3 is 4.74 Å². The van der Waals surface area contributed by atoms with Crippen LogP contribution in [-0.4, -0.2) is 11.3 Å². The van der Waals surface area contributed by atoms with Crippen LogP contribution in [0.15, 0.2) is 42.6 Å². The summed E-state index contributed by atoms with van der Waals surface area (Å²) in [5, 5.41) is 0. The van der Waals surface area contributed by atoms with Crippen LogP contribution in [0.4, 0.5) is 13.2 Å². The Kier molecular flexibility index (Phi) is 3.50. The maximum Gasteiger partial charge on any atom is 0.433 e. The van der Waals surface area contributed by atoms with Crippen LogP contribution in [0.5, 0.6) is 11.5 Å². The lowest BCUT2D eigenvalue weighted by Gasteiger charge is -2.08. The van der Waals surface area contributed by atoms with Gasteiger partial charge in [0.15, 0.2) is 0 Å². The molecule has 19 heavy (non-hydrogen) atoms. The Labute approximate surface area is 106 Å². The van der Waals surface area contributed by atoms with E-state index in [1.165, 1.54) is 6.07 Å². The van der Waals surface area contributed by atoms with Crippen LogP contribution in [0, 0.1) is 0 Å². The quantitative estimate of drug-likeness (QED) is 0.796. The van der Waals surface area contributed by atoms with Gasteiger partial charge in [0.1, 0.15) is 23.5 Å². The monoisotopic (exact) mass is 267 g/mol. The second-order valence-corrected chi connectivity index (χ2v) is 3.67. The van der Waals surface area contributed by atoms with Crippen molar-refractivity contribution in [3.05, 3.63) is 53.9 Å². The number of carbonyl (C=O) groups excluding carboxylic acids is 1. The number of hydrogen-bond donors (Lipinski definition) is 0. The minimum Gasteiger partial charge on any atom is -0.456 e.